The lowest BCUT2D eigenvalue weighted by atomic mass is 10.1. The Balaban J connectivity index is 3.29. The minimum absolute atomic E-state index is 0.445. The van der Waals surface area contributed by atoms with E-state index >= 15 is 0 Å². The molecule has 0 rings (SSSR count). The van der Waals surface area contributed by atoms with E-state index in [4.69, 9.17) is 0 Å². The van der Waals surface area contributed by atoms with Crippen LogP contribution in [-0.2, 0) is 0 Å². The Morgan fingerprint density at radius 1 is 1.27 bits per heavy atom. The first-order valence-corrected chi connectivity index (χ1v) is 4.14. The lowest BCUT2D eigenvalue weighted by Crippen LogP contribution is -1.92. The largest absolute Gasteiger partial charge is 0.271 e. The number of hydrogen-bond acceptors (Lipinski definition) is 2. The molecule has 0 aliphatic rings. The van der Waals surface area contributed by atoms with Crippen molar-refractivity contribution in [3.63, 3.8) is 0 Å². The molecule has 0 aromatic rings. The van der Waals surface area contributed by atoms with Crippen LogP contribution in [0.4, 0.5) is 0 Å². The molecule has 11 heavy (non-hydrogen) atoms. The molecule has 0 aliphatic carbocycles. The van der Waals surface area contributed by atoms with E-state index in [9.17, 15) is 4.91 Å². The lowest BCUT2D eigenvalue weighted by molar-refractivity contribution is 0.681. The van der Waals surface area contributed by atoms with Crippen LogP contribution >= 0.6 is 0 Å². The Hall–Kier alpha value is -0.730. The summed E-state index contributed by atoms with van der Waals surface area (Å²) in [5.74, 6) is 0.445. The molecular formula is C8H16N2O. The van der Waals surface area contributed by atoms with Gasteiger partial charge in [-0.25, -0.2) is 0 Å². The second kappa shape index (κ2) is 7.38. The van der Waals surface area contributed by atoms with Gasteiger partial charge in [0.15, 0.2) is 5.84 Å². The minimum atomic E-state index is 0.445. The summed E-state index contributed by atoms with van der Waals surface area (Å²) < 4.78 is 0. The molecular weight excluding hydrogens is 140 g/mol. The van der Waals surface area contributed by atoms with Crippen LogP contribution in [0.15, 0.2) is 10.2 Å². The number of hydrogen-bond donors (Lipinski definition) is 0. The molecule has 0 atom stereocenters. The summed E-state index contributed by atoms with van der Waals surface area (Å²) in [6, 6.07) is 0. The Bertz CT molecular complexity index is 132. The third kappa shape index (κ3) is 5.70. The van der Waals surface area contributed by atoms with Crippen LogP contribution < -0.4 is 0 Å². The molecule has 0 unspecified atom stereocenters. The predicted octanol–water partition coefficient (Wildman–Crippen LogP) is 2.75. The molecule has 0 spiro atoms. The van der Waals surface area contributed by atoms with Gasteiger partial charge in [-0.1, -0.05) is 26.2 Å². The van der Waals surface area contributed by atoms with Crippen molar-refractivity contribution in [1.82, 2.24) is 0 Å². The standard InChI is InChI=1S/C8H16N2O/c1-3-4-5-6-7-8(9-2)10-11/h3-7H2,1-2H3. The van der Waals surface area contributed by atoms with Crippen LogP contribution in [0.25, 0.3) is 0 Å². The van der Waals surface area contributed by atoms with Crippen molar-refractivity contribution in [1.29, 1.82) is 0 Å². The monoisotopic (exact) mass is 156 g/mol. The first-order chi connectivity index (χ1) is 5.35. The number of unbranched alkanes of at least 4 members (excludes halogenated alkanes) is 3. The molecule has 0 heterocycles. The normalized spacial score (nSPS) is 11.6. The molecule has 0 aromatic carbocycles. The van der Waals surface area contributed by atoms with Crippen molar-refractivity contribution in [3.8, 4) is 0 Å². The molecule has 0 aromatic heterocycles. The maximum absolute atomic E-state index is 10.0. The molecule has 0 radical (unpaired) electrons. The van der Waals surface area contributed by atoms with Crippen molar-refractivity contribution in [3.05, 3.63) is 4.91 Å². The highest BCUT2D eigenvalue weighted by atomic mass is 16.3. The van der Waals surface area contributed by atoms with Crippen molar-refractivity contribution < 1.29 is 0 Å². The van der Waals surface area contributed by atoms with Crippen LogP contribution in [0.5, 0.6) is 0 Å². The van der Waals surface area contributed by atoms with Gasteiger partial charge in [0.2, 0.25) is 0 Å². The SMILES string of the molecule is CCCCCCC(N=O)=NC. The van der Waals surface area contributed by atoms with Crippen LogP contribution in [0.3, 0.4) is 0 Å². The van der Waals surface area contributed by atoms with Gasteiger partial charge >= 0.3 is 0 Å². The maximum Gasteiger partial charge on any atom is 0.167 e. The zero-order valence-electron chi connectivity index (χ0n) is 7.34. The number of amidine groups is 1. The van der Waals surface area contributed by atoms with Gasteiger partial charge in [-0.05, 0) is 11.6 Å². The van der Waals surface area contributed by atoms with Crippen LogP contribution in [0, 0.1) is 4.91 Å². The number of aliphatic imine (C=N–C) groups is 1. The van der Waals surface area contributed by atoms with Gasteiger partial charge in [0, 0.05) is 13.5 Å². The number of rotatable bonds is 5. The van der Waals surface area contributed by atoms with Crippen LogP contribution in [0.1, 0.15) is 39.0 Å². The van der Waals surface area contributed by atoms with Gasteiger partial charge in [-0.2, -0.15) is 0 Å². The van der Waals surface area contributed by atoms with Gasteiger partial charge < -0.3 is 0 Å². The molecule has 3 nitrogen and oxygen atoms in total. The van der Waals surface area contributed by atoms with Gasteiger partial charge in [-0.15, -0.1) is 4.91 Å². The molecule has 0 amide bonds. The van der Waals surface area contributed by atoms with Gasteiger partial charge in [0.25, 0.3) is 0 Å². The third-order valence-corrected chi connectivity index (χ3v) is 1.62. The number of nitrogens with zero attached hydrogens (tertiary/aromatic N) is 2. The third-order valence-electron chi connectivity index (χ3n) is 1.62. The van der Waals surface area contributed by atoms with Crippen molar-refractivity contribution >= 4 is 5.84 Å². The van der Waals surface area contributed by atoms with E-state index in [-0.39, 0.29) is 0 Å². The first kappa shape index (κ1) is 10.3. The summed E-state index contributed by atoms with van der Waals surface area (Å²) in [5.41, 5.74) is 0. The van der Waals surface area contributed by atoms with E-state index in [1.54, 1.807) is 7.05 Å². The van der Waals surface area contributed by atoms with Crippen LogP contribution in [0.2, 0.25) is 0 Å². The highest BCUT2D eigenvalue weighted by molar-refractivity contribution is 5.82. The van der Waals surface area contributed by atoms with E-state index < -0.39 is 0 Å². The van der Waals surface area contributed by atoms with Crippen molar-refractivity contribution in [2.75, 3.05) is 7.05 Å². The predicted molar refractivity (Wildman–Crippen MR) is 47.9 cm³/mol. The lowest BCUT2D eigenvalue weighted by Gasteiger charge is -1.95. The molecule has 0 saturated carbocycles. The fraction of sp³-hybridized carbons (Fsp3) is 0.875. The smallest absolute Gasteiger partial charge is 0.167 e. The highest BCUT2D eigenvalue weighted by Crippen LogP contribution is 2.03. The fourth-order valence-electron chi connectivity index (χ4n) is 0.908. The summed E-state index contributed by atoms with van der Waals surface area (Å²) in [5, 5.41) is 2.80. The molecule has 0 N–H and O–H groups in total. The molecule has 3 heteroatoms. The average molecular weight is 156 g/mol. The number of nitroso groups, excluding NO2 is 1. The van der Waals surface area contributed by atoms with Crippen molar-refractivity contribution in [2.45, 2.75) is 39.0 Å². The second-order valence-electron chi connectivity index (χ2n) is 2.54. The Kier molecular flexibility index (Phi) is 6.89. The van der Waals surface area contributed by atoms with E-state index in [2.05, 4.69) is 17.1 Å². The molecule has 0 fully saturated rings. The molecule has 0 aliphatic heterocycles. The summed E-state index contributed by atoms with van der Waals surface area (Å²) in [6.07, 6.45) is 5.39. The van der Waals surface area contributed by atoms with Crippen LogP contribution in [-0.4, -0.2) is 12.9 Å². The minimum Gasteiger partial charge on any atom is -0.271 e. The highest BCUT2D eigenvalue weighted by Gasteiger charge is 1.95. The maximum atomic E-state index is 10.0. The summed E-state index contributed by atoms with van der Waals surface area (Å²) in [6.45, 7) is 2.16. The Labute approximate surface area is 67.9 Å². The summed E-state index contributed by atoms with van der Waals surface area (Å²) >= 11 is 0. The average Bonchev–Trinajstić information content (AvgIpc) is 2.05. The van der Waals surface area contributed by atoms with Gasteiger partial charge in [0.1, 0.15) is 0 Å². The molecule has 0 saturated heterocycles. The van der Waals surface area contributed by atoms with E-state index in [0.717, 1.165) is 12.8 Å². The van der Waals surface area contributed by atoms with Gasteiger partial charge in [0.05, 0.1) is 0 Å². The second-order valence-corrected chi connectivity index (χ2v) is 2.54. The zero-order valence-corrected chi connectivity index (χ0v) is 7.34. The molecule has 64 valence electrons. The molecule has 0 bridgehead atoms. The quantitative estimate of drug-likeness (QED) is 0.261. The topological polar surface area (TPSA) is 41.8 Å². The van der Waals surface area contributed by atoms with E-state index in [1.807, 2.05) is 0 Å². The summed E-state index contributed by atoms with van der Waals surface area (Å²) in [4.78, 5) is 13.8. The first-order valence-electron chi connectivity index (χ1n) is 4.14. The Morgan fingerprint density at radius 2 is 2.00 bits per heavy atom. The fourth-order valence-corrected chi connectivity index (χ4v) is 0.908. The summed E-state index contributed by atoms with van der Waals surface area (Å²) in [7, 11) is 1.61. The van der Waals surface area contributed by atoms with E-state index in [0.29, 0.717) is 5.84 Å². The van der Waals surface area contributed by atoms with Crippen molar-refractivity contribution in [2.24, 2.45) is 10.2 Å². The van der Waals surface area contributed by atoms with Gasteiger partial charge in [-0.3, -0.25) is 4.99 Å². The van der Waals surface area contributed by atoms with E-state index in [1.165, 1.54) is 19.3 Å². The zero-order chi connectivity index (χ0) is 8.53. The Morgan fingerprint density at radius 3 is 2.45 bits per heavy atom.